The molecule has 1 aliphatic rings. The third-order valence-corrected chi connectivity index (χ3v) is 3.59. The van der Waals surface area contributed by atoms with Gasteiger partial charge in [0.05, 0.1) is 37.4 Å². The van der Waals surface area contributed by atoms with E-state index < -0.39 is 6.10 Å². The summed E-state index contributed by atoms with van der Waals surface area (Å²) < 4.78 is 5.36. The van der Waals surface area contributed by atoms with Gasteiger partial charge in [-0.15, -0.1) is 11.6 Å². The highest BCUT2D eigenvalue weighted by Gasteiger charge is 2.21. The summed E-state index contributed by atoms with van der Waals surface area (Å²) in [6.45, 7) is 3.41. The molecule has 0 aliphatic carbocycles. The lowest BCUT2D eigenvalue weighted by Crippen LogP contribution is -2.51. The van der Waals surface area contributed by atoms with Crippen LogP contribution in [-0.4, -0.2) is 54.9 Å². The van der Waals surface area contributed by atoms with Crippen LogP contribution in [0.1, 0.15) is 0 Å². The normalized spacial score (nSPS) is 18.3. The number of benzene rings is 1. The van der Waals surface area contributed by atoms with Crippen LogP contribution < -0.4 is 5.01 Å². The lowest BCUT2D eigenvalue weighted by atomic mass is 10.3. The SMILES string of the molecule is OC(CCl)CN(c1cccc(Cl)c1)N1CCOCC1. The fourth-order valence-corrected chi connectivity index (χ4v) is 2.35. The number of hydrogen-bond donors (Lipinski definition) is 1. The third-order valence-electron chi connectivity index (χ3n) is 3.00. The van der Waals surface area contributed by atoms with Gasteiger partial charge in [0.1, 0.15) is 0 Å². The minimum absolute atomic E-state index is 0.210. The number of morpholine rings is 1. The lowest BCUT2D eigenvalue weighted by molar-refractivity contribution is 0.0266. The van der Waals surface area contributed by atoms with Crippen molar-refractivity contribution in [1.29, 1.82) is 0 Å². The van der Waals surface area contributed by atoms with E-state index in [0.29, 0.717) is 24.8 Å². The van der Waals surface area contributed by atoms with Gasteiger partial charge in [0.2, 0.25) is 0 Å². The number of aliphatic hydroxyl groups excluding tert-OH is 1. The van der Waals surface area contributed by atoms with Gasteiger partial charge in [-0.1, -0.05) is 17.7 Å². The van der Waals surface area contributed by atoms with Gasteiger partial charge in [0, 0.05) is 18.1 Å². The van der Waals surface area contributed by atoms with Crippen molar-refractivity contribution in [2.45, 2.75) is 6.10 Å². The second-order valence-electron chi connectivity index (χ2n) is 4.44. The molecule has 1 aromatic carbocycles. The van der Waals surface area contributed by atoms with Gasteiger partial charge in [-0.2, -0.15) is 0 Å². The number of nitrogens with zero attached hydrogens (tertiary/aromatic N) is 2. The molecule has 1 heterocycles. The van der Waals surface area contributed by atoms with Gasteiger partial charge in [0.15, 0.2) is 0 Å². The minimum atomic E-state index is -0.580. The number of halogens is 2. The second kappa shape index (κ2) is 7.31. The lowest BCUT2D eigenvalue weighted by Gasteiger charge is -2.39. The summed E-state index contributed by atoms with van der Waals surface area (Å²) in [4.78, 5) is 0. The first-order valence-electron chi connectivity index (χ1n) is 6.30. The predicted octanol–water partition coefficient (Wildman–Crippen LogP) is 1.99. The summed E-state index contributed by atoms with van der Waals surface area (Å²) in [5.41, 5.74) is 0.957. The molecule has 1 aliphatic heterocycles. The van der Waals surface area contributed by atoms with Crippen molar-refractivity contribution in [3.05, 3.63) is 29.3 Å². The molecule has 2 rings (SSSR count). The first-order valence-corrected chi connectivity index (χ1v) is 7.21. The molecule has 0 aromatic heterocycles. The Kier molecular flexibility index (Phi) is 5.73. The zero-order valence-electron chi connectivity index (χ0n) is 10.6. The van der Waals surface area contributed by atoms with E-state index in [4.69, 9.17) is 27.9 Å². The topological polar surface area (TPSA) is 35.9 Å². The first kappa shape index (κ1) is 14.9. The monoisotopic (exact) mass is 304 g/mol. The summed E-state index contributed by atoms with van der Waals surface area (Å²) in [5, 5.41) is 14.7. The molecule has 19 heavy (non-hydrogen) atoms. The van der Waals surface area contributed by atoms with Crippen LogP contribution in [0.5, 0.6) is 0 Å². The van der Waals surface area contributed by atoms with Crippen molar-refractivity contribution in [2.75, 3.05) is 43.7 Å². The van der Waals surface area contributed by atoms with E-state index in [1.165, 1.54) is 0 Å². The maximum absolute atomic E-state index is 9.83. The maximum atomic E-state index is 9.83. The van der Waals surface area contributed by atoms with Crippen LogP contribution in [0.2, 0.25) is 5.02 Å². The maximum Gasteiger partial charge on any atom is 0.0866 e. The van der Waals surface area contributed by atoms with Gasteiger partial charge >= 0.3 is 0 Å². The fraction of sp³-hybridized carbons (Fsp3) is 0.538. The number of anilines is 1. The molecule has 4 nitrogen and oxygen atoms in total. The van der Waals surface area contributed by atoms with E-state index >= 15 is 0 Å². The van der Waals surface area contributed by atoms with Crippen molar-refractivity contribution in [1.82, 2.24) is 5.01 Å². The summed E-state index contributed by atoms with van der Waals surface area (Å²) in [6.07, 6.45) is -0.580. The molecule has 1 atom stereocenters. The van der Waals surface area contributed by atoms with E-state index in [1.54, 1.807) is 0 Å². The Hall–Kier alpha value is -0.520. The quantitative estimate of drug-likeness (QED) is 0.844. The molecule has 1 fully saturated rings. The molecule has 1 N–H and O–H groups in total. The van der Waals surface area contributed by atoms with E-state index in [2.05, 4.69) is 5.01 Å². The molecule has 1 aromatic rings. The van der Waals surface area contributed by atoms with Crippen molar-refractivity contribution >= 4 is 28.9 Å². The summed E-state index contributed by atoms with van der Waals surface area (Å²) in [7, 11) is 0. The minimum Gasteiger partial charge on any atom is -0.390 e. The highest BCUT2D eigenvalue weighted by atomic mass is 35.5. The number of rotatable bonds is 5. The van der Waals surface area contributed by atoms with E-state index in [1.807, 2.05) is 29.3 Å². The van der Waals surface area contributed by atoms with E-state index in [0.717, 1.165) is 18.8 Å². The number of ether oxygens (including phenoxy) is 1. The fourth-order valence-electron chi connectivity index (χ4n) is 2.06. The predicted molar refractivity (Wildman–Crippen MR) is 77.9 cm³/mol. The van der Waals surface area contributed by atoms with Crippen LogP contribution in [0.25, 0.3) is 0 Å². The van der Waals surface area contributed by atoms with Crippen molar-refractivity contribution in [3.63, 3.8) is 0 Å². The average Bonchev–Trinajstić information content (AvgIpc) is 2.45. The third kappa shape index (κ3) is 4.23. The molecule has 0 bridgehead atoms. The largest absolute Gasteiger partial charge is 0.390 e. The molecule has 1 saturated heterocycles. The highest BCUT2D eigenvalue weighted by Crippen LogP contribution is 2.22. The zero-order valence-corrected chi connectivity index (χ0v) is 12.1. The number of aliphatic hydroxyl groups is 1. The van der Waals surface area contributed by atoms with Crippen molar-refractivity contribution in [2.24, 2.45) is 0 Å². The molecule has 0 saturated carbocycles. The van der Waals surface area contributed by atoms with Crippen molar-refractivity contribution < 1.29 is 9.84 Å². The van der Waals surface area contributed by atoms with Crippen LogP contribution in [-0.2, 0) is 4.74 Å². The second-order valence-corrected chi connectivity index (χ2v) is 5.18. The Balaban J connectivity index is 2.17. The first-order chi connectivity index (χ1) is 9.20. The number of alkyl halides is 1. The molecule has 6 heteroatoms. The van der Waals surface area contributed by atoms with Crippen LogP contribution in [0.3, 0.4) is 0 Å². The van der Waals surface area contributed by atoms with Gasteiger partial charge in [-0.25, -0.2) is 5.01 Å². The van der Waals surface area contributed by atoms with Crippen LogP contribution in [0.15, 0.2) is 24.3 Å². The Morgan fingerprint density at radius 1 is 1.37 bits per heavy atom. The van der Waals surface area contributed by atoms with Crippen molar-refractivity contribution in [3.8, 4) is 0 Å². The van der Waals surface area contributed by atoms with Gasteiger partial charge < -0.3 is 14.9 Å². The molecule has 0 spiro atoms. The number of hydrogen-bond acceptors (Lipinski definition) is 4. The molecule has 106 valence electrons. The standard InChI is InChI=1S/C13H18Cl2N2O2/c14-9-13(18)10-17(16-4-6-19-7-5-16)12-3-1-2-11(15)8-12/h1-3,8,13,18H,4-7,9-10H2. The van der Waals surface area contributed by atoms with Crippen LogP contribution >= 0.6 is 23.2 Å². The smallest absolute Gasteiger partial charge is 0.0866 e. The summed E-state index contributed by atoms with van der Waals surface area (Å²) in [5.74, 6) is 0.210. The Morgan fingerprint density at radius 3 is 2.74 bits per heavy atom. The van der Waals surface area contributed by atoms with E-state index in [-0.39, 0.29) is 5.88 Å². The van der Waals surface area contributed by atoms with Gasteiger partial charge in [-0.05, 0) is 18.2 Å². The highest BCUT2D eigenvalue weighted by molar-refractivity contribution is 6.30. The molecule has 0 radical (unpaired) electrons. The Morgan fingerprint density at radius 2 is 2.11 bits per heavy atom. The molecular weight excluding hydrogens is 287 g/mol. The molecule has 1 unspecified atom stereocenters. The number of hydrazine groups is 1. The van der Waals surface area contributed by atoms with Gasteiger partial charge in [-0.3, -0.25) is 0 Å². The zero-order chi connectivity index (χ0) is 13.7. The average molecular weight is 305 g/mol. The van der Waals surface area contributed by atoms with Crippen LogP contribution in [0, 0.1) is 0 Å². The summed E-state index contributed by atoms with van der Waals surface area (Å²) >= 11 is 11.7. The van der Waals surface area contributed by atoms with Crippen LogP contribution in [0.4, 0.5) is 5.69 Å². The van der Waals surface area contributed by atoms with Gasteiger partial charge in [0.25, 0.3) is 0 Å². The summed E-state index contributed by atoms with van der Waals surface area (Å²) in [6, 6.07) is 7.60. The molecule has 0 amide bonds. The van der Waals surface area contributed by atoms with E-state index in [9.17, 15) is 5.11 Å². The Bertz CT molecular complexity index is 400. The Labute approximate surface area is 123 Å². The molecular formula is C13H18Cl2N2O2.